The lowest BCUT2D eigenvalue weighted by molar-refractivity contribution is -0.161. The van der Waals surface area contributed by atoms with Gasteiger partial charge in [-0.3, -0.25) is 4.68 Å². The number of aliphatic carboxylic acids is 1. The molecule has 0 radical (unpaired) electrons. The summed E-state index contributed by atoms with van der Waals surface area (Å²) in [5, 5.41) is 14.2. The van der Waals surface area contributed by atoms with Crippen LogP contribution in [0.5, 0.6) is 5.75 Å². The second kappa shape index (κ2) is 7.04. The first-order chi connectivity index (χ1) is 12.2. The van der Waals surface area contributed by atoms with E-state index >= 15 is 0 Å². The van der Waals surface area contributed by atoms with Gasteiger partial charge >= 0.3 is 5.97 Å². The fraction of sp³-hybridized carbons (Fsp3) is 0.474. The summed E-state index contributed by atoms with van der Waals surface area (Å²) in [6.07, 6.45) is 0.792. The summed E-state index contributed by atoms with van der Waals surface area (Å²) in [4.78, 5) is 12.0. The molecule has 1 atom stereocenters. The third kappa shape index (κ3) is 3.78. The van der Waals surface area contributed by atoms with Gasteiger partial charge in [-0.15, -0.1) is 0 Å². The van der Waals surface area contributed by atoms with Gasteiger partial charge in [-0.25, -0.2) is 4.79 Å². The number of rotatable bonds is 4. The molecule has 3 rings (SSSR count). The minimum atomic E-state index is -1.12. The van der Waals surface area contributed by atoms with Crippen LogP contribution >= 0.6 is 15.9 Å². The summed E-state index contributed by atoms with van der Waals surface area (Å²) in [6, 6.07) is 5.93. The molecule has 0 fully saturated rings. The Morgan fingerprint density at radius 3 is 2.81 bits per heavy atom. The predicted octanol–water partition coefficient (Wildman–Crippen LogP) is 4.12. The lowest BCUT2D eigenvalue weighted by Gasteiger charge is -2.26. The zero-order chi connectivity index (χ0) is 19.1. The van der Waals surface area contributed by atoms with Gasteiger partial charge in [-0.2, -0.15) is 5.10 Å². The highest BCUT2D eigenvalue weighted by molar-refractivity contribution is 9.10. The minimum absolute atomic E-state index is 0.510. The monoisotopic (exact) mass is 422 g/mol. The highest BCUT2D eigenvalue weighted by Gasteiger charge is 2.33. The average molecular weight is 423 g/mol. The van der Waals surface area contributed by atoms with Crippen molar-refractivity contribution in [2.75, 3.05) is 6.61 Å². The molecule has 1 N–H and O–H groups in total. The van der Waals surface area contributed by atoms with Crippen LogP contribution in [0.25, 0.3) is 11.1 Å². The van der Waals surface area contributed by atoms with Gasteiger partial charge in [0.25, 0.3) is 0 Å². The second-order valence-corrected chi connectivity index (χ2v) is 8.15. The SMILES string of the molecule is Cn1nc(Br)c(-c2ccc3c(c2)CCCO3)c1C(OC(C)(C)C)C(=O)O. The molecule has 0 saturated heterocycles. The number of halogens is 1. The lowest BCUT2D eigenvalue weighted by Crippen LogP contribution is -2.29. The van der Waals surface area contributed by atoms with E-state index in [2.05, 4.69) is 27.1 Å². The number of carboxylic acids is 1. The smallest absolute Gasteiger partial charge is 0.339 e. The Bertz CT molecular complexity index is 839. The van der Waals surface area contributed by atoms with Crippen LogP contribution in [0.2, 0.25) is 0 Å². The Morgan fingerprint density at radius 2 is 2.15 bits per heavy atom. The van der Waals surface area contributed by atoms with Crippen molar-refractivity contribution in [3.63, 3.8) is 0 Å². The molecule has 6 nitrogen and oxygen atoms in total. The zero-order valence-electron chi connectivity index (χ0n) is 15.4. The summed E-state index contributed by atoms with van der Waals surface area (Å²) in [6.45, 7) is 6.24. The highest BCUT2D eigenvalue weighted by Crippen LogP contribution is 2.39. The van der Waals surface area contributed by atoms with Crippen molar-refractivity contribution < 1.29 is 19.4 Å². The number of nitrogens with zero attached hydrogens (tertiary/aromatic N) is 2. The third-order valence-electron chi connectivity index (χ3n) is 4.19. The molecular formula is C19H23BrN2O4. The molecule has 7 heteroatoms. The van der Waals surface area contributed by atoms with Crippen LogP contribution < -0.4 is 4.74 Å². The van der Waals surface area contributed by atoms with Crippen LogP contribution in [0.15, 0.2) is 22.8 Å². The van der Waals surface area contributed by atoms with Crippen molar-refractivity contribution in [2.45, 2.75) is 45.3 Å². The summed E-state index contributed by atoms with van der Waals surface area (Å²) in [7, 11) is 1.73. The van der Waals surface area contributed by atoms with E-state index in [0.717, 1.165) is 41.9 Å². The van der Waals surface area contributed by atoms with Crippen molar-refractivity contribution in [3.8, 4) is 16.9 Å². The molecule has 1 aliphatic heterocycles. The Hall–Kier alpha value is -1.86. The fourth-order valence-corrected chi connectivity index (χ4v) is 3.83. The number of hydrogen-bond acceptors (Lipinski definition) is 4. The van der Waals surface area contributed by atoms with Crippen molar-refractivity contribution >= 4 is 21.9 Å². The normalized spacial score (nSPS) is 15.3. The Morgan fingerprint density at radius 1 is 1.42 bits per heavy atom. The number of carbonyl (C=O) groups is 1. The van der Waals surface area contributed by atoms with Crippen molar-refractivity contribution in [1.82, 2.24) is 9.78 Å². The minimum Gasteiger partial charge on any atom is -0.493 e. The number of ether oxygens (including phenoxy) is 2. The number of benzene rings is 1. The predicted molar refractivity (Wildman–Crippen MR) is 101 cm³/mol. The Labute approximate surface area is 161 Å². The van der Waals surface area contributed by atoms with Crippen LogP contribution in [0.1, 0.15) is 44.6 Å². The van der Waals surface area contributed by atoms with Crippen LogP contribution in [0.4, 0.5) is 0 Å². The van der Waals surface area contributed by atoms with Gasteiger partial charge in [0, 0.05) is 12.6 Å². The number of aromatic nitrogens is 2. The number of hydrogen-bond donors (Lipinski definition) is 1. The van der Waals surface area contributed by atoms with E-state index in [1.165, 1.54) is 0 Å². The highest BCUT2D eigenvalue weighted by atomic mass is 79.9. The van der Waals surface area contributed by atoms with Gasteiger partial charge < -0.3 is 14.6 Å². The van der Waals surface area contributed by atoms with Crippen LogP contribution in [0.3, 0.4) is 0 Å². The van der Waals surface area contributed by atoms with E-state index in [1.54, 1.807) is 11.7 Å². The van der Waals surface area contributed by atoms with Gasteiger partial charge in [0.05, 0.1) is 17.9 Å². The molecule has 26 heavy (non-hydrogen) atoms. The molecule has 2 heterocycles. The van der Waals surface area contributed by atoms with Crippen molar-refractivity contribution in [2.24, 2.45) is 7.05 Å². The molecule has 1 aromatic carbocycles. The standard InChI is InChI=1S/C19H23BrN2O4/c1-19(2,3)26-16(18(23)24)15-14(17(20)21-22(15)4)12-7-8-13-11(10-12)6-5-9-25-13/h7-8,10,16H,5-6,9H2,1-4H3,(H,23,24). The van der Waals surface area contributed by atoms with Crippen molar-refractivity contribution in [3.05, 3.63) is 34.1 Å². The maximum atomic E-state index is 12.0. The van der Waals surface area contributed by atoms with E-state index < -0.39 is 17.7 Å². The molecule has 1 aliphatic rings. The summed E-state index contributed by atoms with van der Waals surface area (Å²) in [5.41, 5.74) is 2.65. The van der Waals surface area contributed by atoms with Gasteiger partial charge in [0.1, 0.15) is 10.4 Å². The molecule has 0 aliphatic carbocycles. The van der Waals surface area contributed by atoms with Crippen molar-refractivity contribution in [1.29, 1.82) is 0 Å². The van der Waals surface area contributed by atoms with Gasteiger partial charge in [-0.05, 0) is 72.8 Å². The Balaban J connectivity index is 2.12. The van der Waals surface area contributed by atoms with Crippen LogP contribution in [0, 0.1) is 0 Å². The molecule has 0 amide bonds. The molecule has 0 bridgehead atoms. The summed E-state index contributed by atoms with van der Waals surface area (Å²) in [5.74, 6) is -0.153. The first-order valence-corrected chi connectivity index (χ1v) is 9.36. The fourth-order valence-electron chi connectivity index (χ4n) is 3.16. The second-order valence-electron chi connectivity index (χ2n) is 7.40. The third-order valence-corrected chi connectivity index (χ3v) is 4.75. The van der Waals surface area contributed by atoms with Gasteiger partial charge in [-0.1, -0.05) is 6.07 Å². The van der Waals surface area contributed by atoms with Gasteiger partial charge in [0.15, 0.2) is 6.10 Å². The molecule has 0 saturated carbocycles. The quantitative estimate of drug-likeness (QED) is 0.801. The van der Waals surface area contributed by atoms with Gasteiger partial charge in [0.2, 0.25) is 0 Å². The molecule has 1 unspecified atom stereocenters. The number of aryl methyl sites for hydroxylation is 2. The van der Waals surface area contributed by atoms with E-state index in [-0.39, 0.29) is 0 Å². The summed E-state index contributed by atoms with van der Waals surface area (Å²) < 4.78 is 13.7. The number of carboxylic acid groups (broad SMARTS) is 1. The molecule has 1 aromatic heterocycles. The van der Waals surface area contributed by atoms with E-state index in [1.807, 2.05) is 32.9 Å². The van der Waals surface area contributed by atoms with E-state index in [0.29, 0.717) is 10.3 Å². The average Bonchev–Trinajstić information content (AvgIpc) is 2.85. The van der Waals surface area contributed by atoms with E-state index in [9.17, 15) is 9.90 Å². The maximum Gasteiger partial charge on any atom is 0.339 e. The number of fused-ring (bicyclic) bond motifs is 1. The van der Waals surface area contributed by atoms with Crippen LogP contribution in [-0.2, 0) is 23.0 Å². The topological polar surface area (TPSA) is 73.6 Å². The first kappa shape index (κ1) is 18.9. The van der Waals surface area contributed by atoms with Crippen LogP contribution in [-0.4, -0.2) is 33.1 Å². The first-order valence-electron chi connectivity index (χ1n) is 8.56. The molecule has 2 aromatic rings. The molecule has 0 spiro atoms. The molecule has 140 valence electrons. The van der Waals surface area contributed by atoms with E-state index in [4.69, 9.17) is 9.47 Å². The largest absolute Gasteiger partial charge is 0.493 e. The maximum absolute atomic E-state index is 12.0. The molecular weight excluding hydrogens is 400 g/mol. The lowest BCUT2D eigenvalue weighted by atomic mass is 9.97. The zero-order valence-corrected chi connectivity index (χ0v) is 17.0. The Kier molecular flexibility index (Phi) is 5.12. The summed E-state index contributed by atoms with van der Waals surface area (Å²) >= 11 is 3.49.